The minimum Gasteiger partial charge on any atom is -0.370 e. The van der Waals surface area contributed by atoms with E-state index in [0.717, 1.165) is 19.1 Å². The summed E-state index contributed by atoms with van der Waals surface area (Å²) in [5.41, 5.74) is 5.25. The van der Waals surface area contributed by atoms with E-state index in [1.807, 2.05) is 17.9 Å². The summed E-state index contributed by atoms with van der Waals surface area (Å²) in [6.45, 7) is 4.07. The minimum atomic E-state index is 0.761. The standard InChI is InChI=1S/C17H24N4/c1-13-8-17(7-4-15(13)10-18-16-5-6-16)20(2)11-14-9-19-21(3)12-14/h4,7-9,12,16,18H,5-6,10-11H2,1-3H3. The molecular formula is C17H24N4. The van der Waals surface area contributed by atoms with Crippen molar-refractivity contribution in [1.29, 1.82) is 0 Å². The van der Waals surface area contributed by atoms with Crippen LogP contribution in [0.5, 0.6) is 0 Å². The highest BCUT2D eigenvalue weighted by molar-refractivity contribution is 5.50. The Labute approximate surface area is 126 Å². The molecule has 1 fully saturated rings. The first-order valence-electron chi connectivity index (χ1n) is 7.63. The van der Waals surface area contributed by atoms with Crippen LogP contribution in [0, 0.1) is 6.92 Å². The van der Waals surface area contributed by atoms with Gasteiger partial charge in [0.1, 0.15) is 0 Å². The molecule has 0 radical (unpaired) electrons. The van der Waals surface area contributed by atoms with Crippen molar-refractivity contribution in [1.82, 2.24) is 15.1 Å². The zero-order valence-electron chi connectivity index (χ0n) is 13.1. The quantitative estimate of drug-likeness (QED) is 0.885. The number of aryl methyl sites for hydroxylation is 2. The molecule has 1 aliphatic rings. The fourth-order valence-corrected chi connectivity index (χ4v) is 2.58. The van der Waals surface area contributed by atoms with Gasteiger partial charge in [0.25, 0.3) is 0 Å². The summed E-state index contributed by atoms with van der Waals surface area (Å²) < 4.78 is 1.85. The highest BCUT2D eigenvalue weighted by Crippen LogP contribution is 2.22. The predicted octanol–water partition coefficient (Wildman–Crippen LogP) is 2.62. The molecule has 1 aromatic carbocycles. The Kier molecular flexibility index (Phi) is 3.97. The Morgan fingerprint density at radius 2 is 2.19 bits per heavy atom. The zero-order valence-corrected chi connectivity index (χ0v) is 13.1. The van der Waals surface area contributed by atoms with Crippen LogP contribution in [0.25, 0.3) is 0 Å². The molecule has 4 nitrogen and oxygen atoms in total. The summed E-state index contributed by atoms with van der Waals surface area (Å²) in [5, 5.41) is 7.80. The fourth-order valence-electron chi connectivity index (χ4n) is 2.58. The van der Waals surface area contributed by atoms with Gasteiger partial charge in [0.2, 0.25) is 0 Å². The molecule has 0 atom stereocenters. The van der Waals surface area contributed by atoms with Gasteiger partial charge in [-0.2, -0.15) is 5.10 Å². The van der Waals surface area contributed by atoms with E-state index < -0.39 is 0 Å². The molecule has 0 saturated heterocycles. The predicted molar refractivity (Wildman–Crippen MR) is 86.4 cm³/mol. The molecule has 1 aliphatic carbocycles. The molecule has 0 aliphatic heterocycles. The van der Waals surface area contributed by atoms with Crippen molar-refractivity contribution in [2.45, 2.75) is 38.9 Å². The summed E-state index contributed by atoms with van der Waals surface area (Å²) in [7, 11) is 4.08. The lowest BCUT2D eigenvalue weighted by atomic mass is 10.1. The van der Waals surface area contributed by atoms with Gasteiger partial charge in [0, 0.05) is 50.7 Å². The lowest BCUT2D eigenvalue weighted by molar-refractivity contribution is 0.685. The third kappa shape index (κ3) is 3.64. The molecule has 21 heavy (non-hydrogen) atoms. The fraction of sp³-hybridized carbons (Fsp3) is 0.471. The first kappa shape index (κ1) is 14.1. The second-order valence-electron chi connectivity index (χ2n) is 6.14. The maximum atomic E-state index is 4.22. The minimum absolute atomic E-state index is 0.761. The Hall–Kier alpha value is -1.81. The van der Waals surface area contributed by atoms with E-state index in [-0.39, 0.29) is 0 Å². The molecule has 1 saturated carbocycles. The monoisotopic (exact) mass is 284 g/mol. The van der Waals surface area contributed by atoms with E-state index in [1.54, 1.807) is 0 Å². The molecule has 1 heterocycles. The normalized spacial score (nSPS) is 14.4. The number of nitrogens with zero attached hydrogens (tertiary/aromatic N) is 3. The van der Waals surface area contributed by atoms with Crippen LogP contribution in [0.15, 0.2) is 30.6 Å². The van der Waals surface area contributed by atoms with Crippen LogP contribution >= 0.6 is 0 Å². The van der Waals surface area contributed by atoms with Crippen molar-refractivity contribution >= 4 is 5.69 Å². The van der Waals surface area contributed by atoms with E-state index in [9.17, 15) is 0 Å². The third-order valence-corrected chi connectivity index (χ3v) is 4.10. The second-order valence-corrected chi connectivity index (χ2v) is 6.14. The largest absolute Gasteiger partial charge is 0.370 e. The van der Waals surface area contributed by atoms with Crippen LogP contribution in [0.4, 0.5) is 5.69 Å². The van der Waals surface area contributed by atoms with E-state index in [4.69, 9.17) is 0 Å². The number of benzene rings is 1. The summed E-state index contributed by atoms with van der Waals surface area (Å²) in [6.07, 6.45) is 6.67. The number of hydrogen-bond acceptors (Lipinski definition) is 3. The Morgan fingerprint density at radius 3 is 2.81 bits per heavy atom. The maximum Gasteiger partial charge on any atom is 0.0539 e. The van der Waals surface area contributed by atoms with Crippen LogP contribution in [0.1, 0.15) is 29.5 Å². The van der Waals surface area contributed by atoms with Crippen LogP contribution in [-0.4, -0.2) is 22.9 Å². The number of aromatic nitrogens is 2. The first-order chi connectivity index (χ1) is 10.1. The zero-order chi connectivity index (χ0) is 14.8. The maximum absolute atomic E-state index is 4.22. The summed E-state index contributed by atoms with van der Waals surface area (Å²) in [5.74, 6) is 0. The molecule has 0 amide bonds. The van der Waals surface area contributed by atoms with Gasteiger partial charge in [0.05, 0.1) is 6.20 Å². The average Bonchev–Trinajstić information content (AvgIpc) is 3.20. The number of anilines is 1. The molecule has 3 rings (SSSR count). The summed E-state index contributed by atoms with van der Waals surface area (Å²) in [4.78, 5) is 2.27. The third-order valence-electron chi connectivity index (χ3n) is 4.10. The Bertz CT molecular complexity index is 613. The van der Waals surface area contributed by atoms with Crippen molar-refractivity contribution in [2.24, 2.45) is 7.05 Å². The molecule has 0 unspecified atom stereocenters. The van der Waals surface area contributed by atoms with E-state index in [1.165, 1.54) is 35.2 Å². The molecule has 0 bridgehead atoms. The van der Waals surface area contributed by atoms with E-state index in [0.29, 0.717) is 0 Å². The average molecular weight is 284 g/mol. The van der Waals surface area contributed by atoms with Crippen molar-refractivity contribution in [3.63, 3.8) is 0 Å². The Balaban J connectivity index is 1.65. The van der Waals surface area contributed by atoms with Crippen molar-refractivity contribution in [2.75, 3.05) is 11.9 Å². The lowest BCUT2D eigenvalue weighted by Crippen LogP contribution is -2.18. The van der Waals surface area contributed by atoms with Gasteiger partial charge >= 0.3 is 0 Å². The smallest absolute Gasteiger partial charge is 0.0539 e. The molecule has 4 heteroatoms. The van der Waals surface area contributed by atoms with Crippen molar-refractivity contribution in [3.05, 3.63) is 47.3 Å². The van der Waals surface area contributed by atoms with Gasteiger partial charge in [-0.25, -0.2) is 0 Å². The van der Waals surface area contributed by atoms with Gasteiger partial charge in [-0.1, -0.05) is 6.07 Å². The van der Waals surface area contributed by atoms with Gasteiger partial charge in [-0.3, -0.25) is 4.68 Å². The number of nitrogens with one attached hydrogen (secondary N) is 1. The molecular weight excluding hydrogens is 260 g/mol. The highest BCUT2D eigenvalue weighted by atomic mass is 15.2. The molecule has 0 spiro atoms. The van der Waals surface area contributed by atoms with E-state index in [2.05, 4.69) is 53.7 Å². The van der Waals surface area contributed by atoms with Crippen molar-refractivity contribution in [3.8, 4) is 0 Å². The van der Waals surface area contributed by atoms with Crippen LogP contribution < -0.4 is 10.2 Å². The van der Waals surface area contributed by atoms with Crippen LogP contribution in [0.2, 0.25) is 0 Å². The molecule has 112 valence electrons. The second kappa shape index (κ2) is 5.90. The van der Waals surface area contributed by atoms with Crippen LogP contribution in [-0.2, 0) is 20.1 Å². The molecule has 2 aromatic rings. The van der Waals surface area contributed by atoms with Gasteiger partial charge in [-0.05, 0) is 43.0 Å². The molecule has 1 aromatic heterocycles. The van der Waals surface area contributed by atoms with Crippen LogP contribution in [0.3, 0.4) is 0 Å². The first-order valence-corrected chi connectivity index (χ1v) is 7.63. The number of rotatable bonds is 6. The van der Waals surface area contributed by atoms with Crippen molar-refractivity contribution < 1.29 is 0 Å². The summed E-state index contributed by atoms with van der Waals surface area (Å²) in [6, 6.07) is 7.50. The van der Waals surface area contributed by atoms with Gasteiger partial charge in [0.15, 0.2) is 0 Å². The topological polar surface area (TPSA) is 33.1 Å². The van der Waals surface area contributed by atoms with Gasteiger partial charge in [-0.15, -0.1) is 0 Å². The highest BCUT2D eigenvalue weighted by Gasteiger charge is 2.20. The molecule has 1 N–H and O–H groups in total. The SMILES string of the molecule is Cc1cc(N(C)Cc2cnn(C)c2)ccc1CNC1CC1. The van der Waals surface area contributed by atoms with Gasteiger partial charge < -0.3 is 10.2 Å². The van der Waals surface area contributed by atoms with E-state index >= 15 is 0 Å². The number of hydrogen-bond donors (Lipinski definition) is 1. The summed E-state index contributed by atoms with van der Waals surface area (Å²) >= 11 is 0. The lowest BCUT2D eigenvalue weighted by Gasteiger charge is -2.20. The Morgan fingerprint density at radius 1 is 1.38 bits per heavy atom.